The highest BCUT2D eigenvalue weighted by atomic mass is 32.2. The Morgan fingerprint density at radius 3 is 2.80 bits per heavy atom. The van der Waals surface area contributed by atoms with Gasteiger partial charge in [-0.3, -0.25) is 4.79 Å². The summed E-state index contributed by atoms with van der Waals surface area (Å²) in [5, 5.41) is 3.28. The van der Waals surface area contributed by atoms with Gasteiger partial charge in [-0.15, -0.1) is 0 Å². The number of benzene rings is 1. The summed E-state index contributed by atoms with van der Waals surface area (Å²) in [5.74, 6) is 2.32. The standard InChI is InChI=1S/C16H24N2OS/c1-3-20-12-13-6-8-14(9-7-13)16(19)18-10-4-5-15(11-18)17-2/h6-9,15,17H,3-5,10-12H2,1-2H3. The molecule has 1 aliphatic rings. The van der Waals surface area contributed by atoms with Gasteiger partial charge in [-0.2, -0.15) is 11.8 Å². The number of piperidine rings is 1. The highest BCUT2D eigenvalue weighted by molar-refractivity contribution is 7.98. The van der Waals surface area contributed by atoms with Crippen molar-refractivity contribution in [2.24, 2.45) is 0 Å². The van der Waals surface area contributed by atoms with E-state index in [1.807, 2.05) is 35.8 Å². The van der Waals surface area contributed by atoms with Crippen LogP contribution in [0.5, 0.6) is 0 Å². The van der Waals surface area contributed by atoms with Gasteiger partial charge in [0, 0.05) is 30.4 Å². The molecule has 1 amide bonds. The number of hydrogen-bond donors (Lipinski definition) is 1. The van der Waals surface area contributed by atoms with Crippen LogP contribution in [0.15, 0.2) is 24.3 Å². The van der Waals surface area contributed by atoms with Crippen LogP contribution >= 0.6 is 11.8 Å². The Kier molecular flexibility index (Phi) is 5.92. The van der Waals surface area contributed by atoms with Gasteiger partial charge in [-0.25, -0.2) is 0 Å². The van der Waals surface area contributed by atoms with Crippen molar-refractivity contribution in [3.8, 4) is 0 Å². The molecule has 0 saturated carbocycles. The number of rotatable bonds is 5. The highest BCUT2D eigenvalue weighted by Gasteiger charge is 2.23. The summed E-state index contributed by atoms with van der Waals surface area (Å²) in [7, 11) is 1.97. The molecule has 4 heteroatoms. The molecule has 1 saturated heterocycles. The van der Waals surface area contributed by atoms with Gasteiger partial charge in [-0.1, -0.05) is 19.1 Å². The average Bonchev–Trinajstić information content (AvgIpc) is 2.52. The summed E-state index contributed by atoms with van der Waals surface area (Å²) in [6.07, 6.45) is 2.25. The number of likely N-dealkylation sites (tertiary alicyclic amines) is 1. The van der Waals surface area contributed by atoms with Crippen molar-refractivity contribution in [2.75, 3.05) is 25.9 Å². The van der Waals surface area contributed by atoms with Crippen molar-refractivity contribution in [2.45, 2.75) is 31.6 Å². The van der Waals surface area contributed by atoms with Crippen molar-refractivity contribution in [1.82, 2.24) is 10.2 Å². The number of carbonyl (C=O) groups is 1. The SMILES string of the molecule is CCSCc1ccc(C(=O)N2CCCC(NC)C2)cc1. The Labute approximate surface area is 126 Å². The van der Waals surface area contributed by atoms with E-state index >= 15 is 0 Å². The zero-order chi connectivity index (χ0) is 14.4. The Hall–Kier alpha value is -1.00. The summed E-state index contributed by atoms with van der Waals surface area (Å²) in [6, 6.07) is 8.53. The lowest BCUT2D eigenvalue weighted by Crippen LogP contribution is -2.46. The van der Waals surface area contributed by atoms with E-state index in [0.717, 1.165) is 43.0 Å². The van der Waals surface area contributed by atoms with Gasteiger partial charge >= 0.3 is 0 Å². The van der Waals surface area contributed by atoms with Crippen LogP contribution in [0.25, 0.3) is 0 Å². The van der Waals surface area contributed by atoms with Crippen molar-refractivity contribution >= 4 is 17.7 Å². The van der Waals surface area contributed by atoms with Crippen molar-refractivity contribution in [3.05, 3.63) is 35.4 Å². The molecule has 0 aliphatic carbocycles. The molecule has 1 unspecified atom stereocenters. The van der Waals surface area contributed by atoms with Gasteiger partial charge in [0.25, 0.3) is 5.91 Å². The van der Waals surface area contributed by atoms with Gasteiger partial charge in [0.1, 0.15) is 0 Å². The molecule has 3 nitrogen and oxygen atoms in total. The van der Waals surface area contributed by atoms with Crippen molar-refractivity contribution < 1.29 is 4.79 Å². The number of nitrogens with zero attached hydrogens (tertiary/aromatic N) is 1. The minimum absolute atomic E-state index is 0.166. The Morgan fingerprint density at radius 2 is 2.15 bits per heavy atom. The Bertz CT molecular complexity index is 433. The monoisotopic (exact) mass is 292 g/mol. The fourth-order valence-corrected chi connectivity index (χ4v) is 3.18. The molecule has 1 fully saturated rings. The molecule has 1 N–H and O–H groups in total. The van der Waals surface area contributed by atoms with Crippen LogP contribution in [0, 0.1) is 0 Å². The van der Waals surface area contributed by atoms with E-state index in [2.05, 4.69) is 24.4 Å². The zero-order valence-electron chi connectivity index (χ0n) is 12.4. The maximum atomic E-state index is 12.5. The number of amides is 1. The second-order valence-electron chi connectivity index (χ2n) is 5.21. The molecule has 1 aliphatic heterocycles. The molecule has 1 aromatic carbocycles. The molecule has 0 bridgehead atoms. The van der Waals surface area contributed by atoms with Gasteiger partial charge < -0.3 is 10.2 Å². The molecule has 0 spiro atoms. The van der Waals surface area contributed by atoms with Gasteiger partial charge in [0.15, 0.2) is 0 Å². The molecular formula is C16H24N2OS. The predicted octanol–water partition coefficient (Wildman–Crippen LogP) is 2.76. The number of thioether (sulfide) groups is 1. The lowest BCUT2D eigenvalue weighted by atomic mass is 10.0. The normalized spacial score (nSPS) is 19.1. The van der Waals surface area contributed by atoms with Crippen LogP contribution < -0.4 is 5.32 Å². The van der Waals surface area contributed by atoms with E-state index in [9.17, 15) is 4.79 Å². The molecule has 20 heavy (non-hydrogen) atoms. The third kappa shape index (κ3) is 4.00. The molecule has 1 aromatic rings. The topological polar surface area (TPSA) is 32.3 Å². The van der Waals surface area contributed by atoms with Crippen LogP contribution in [0.3, 0.4) is 0 Å². The summed E-state index contributed by atoms with van der Waals surface area (Å²) in [4.78, 5) is 14.5. The molecule has 1 heterocycles. The zero-order valence-corrected chi connectivity index (χ0v) is 13.2. The minimum atomic E-state index is 0.166. The first-order valence-corrected chi connectivity index (χ1v) is 8.53. The maximum absolute atomic E-state index is 12.5. The quantitative estimate of drug-likeness (QED) is 0.905. The van der Waals surface area contributed by atoms with Gasteiger partial charge in [0.2, 0.25) is 0 Å². The Balaban J connectivity index is 1.98. The molecule has 2 rings (SSSR count). The van der Waals surface area contributed by atoms with E-state index in [1.165, 1.54) is 5.56 Å². The second-order valence-corrected chi connectivity index (χ2v) is 6.49. The third-order valence-electron chi connectivity index (χ3n) is 3.79. The molecule has 110 valence electrons. The van der Waals surface area contributed by atoms with Crippen LogP contribution in [0.2, 0.25) is 0 Å². The summed E-state index contributed by atoms with van der Waals surface area (Å²) >= 11 is 1.90. The largest absolute Gasteiger partial charge is 0.337 e. The van der Waals surface area contributed by atoms with Gasteiger partial charge in [0.05, 0.1) is 0 Å². The van der Waals surface area contributed by atoms with Crippen molar-refractivity contribution in [1.29, 1.82) is 0 Å². The number of likely N-dealkylation sites (N-methyl/N-ethyl adjacent to an activating group) is 1. The van der Waals surface area contributed by atoms with E-state index in [0.29, 0.717) is 6.04 Å². The molecule has 0 radical (unpaired) electrons. The number of carbonyl (C=O) groups excluding carboxylic acids is 1. The molecule has 0 aromatic heterocycles. The average molecular weight is 292 g/mol. The van der Waals surface area contributed by atoms with Gasteiger partial charge in [-0.05, 0) is 43.3 Å². The third-order valence-corrected chi connectivity index (χ3v) is 4.74. The summed E-state index contributed by atoms with van der Waals surface area (Å²) in [5.41, 5.74) is 2.10. The molecule has 1 atom stereocenters. The fourth-order valence-electron chi connectivity index (χ4n) is 2.54. The second kappa shape index (κ2) is 7.70. The number of hydrogen-bond acceptors (Lipinski definition) is 3. The van der Waals surface area contributed by atoms with E-state index in [-0.39, 0.29) is 5.91 Å². The van der Waals surface area contributed by atoms with E-state index in [4.69, 9.17) is 0 Å². The van der Waals surface area contributed by atoms with Crippen LogP contribution in [0.1, 0.15) is 35.7 Å². The minimum Gasteiger partial charge on any atom is -0.337 e. The lowest BCUT2D eigenvalue weighted by molar-refractivity contribution is 0.0698. The van der Waals surface area contributed by atoms with E-state index in [1.54, 1.807) is 0 Å². The lowest BCUT2D eigenvalue weighted by Gasteiger charge is -2.32. The summed E-state index contributed by atoms with van der Waals surface area (Å²) in [6.45, 7) is 3.87. The van der Waals surface area contributed by atoms with E-state index < -0.39 is 0 Å². The predicted molar refractivity (Wildman–Crippen MR) is 86.3 cm³/mol. The summed E-state index contributed by atoms with van der Waals surface area (Å²) < 4.78 is 0. The highest BCUT2D eigenvalue weighted by Crippen LogP contribution is 2.16. The Morgan fingerprint density at radius 1 is 1.40 bits per heavy atom. The molecular weight excluding hydrogens is 268 g/mol. The first kappa shape index (κ1) is 15.4. The maximum Gasteiger partial charge on any atom is 0.253 e. The first-order valence-electron chi connectivity index (χ1n) is 7.37. The first-order chi connectivity index (χ1) is 9.74. The van der Waals surface area contributed by atoms with Crippen molar-refractivity contribution in [3.63, 3.8) is 0 Å². The van der Waals surface area contributed by atoms with Crippen LogP contribution in [0.4, 0.5) is 0 Å². The van der Waals surface area contributed by atoms with Crippen LogP contribution in [-0.2, 0) is 5.75 Å². The smallest absolute Gasteiger partial charge is 0.253 e. The fraction of sp³-hybridized carbons (Fsp3) is 0.562. The van der Waals surface area contributed by atoms with Crippen LogP contribution in [-0.4, -0.2) is 42.7 Å². The number of nitrogens with one attached hydrogen (secondary N) is 1.